The third-order valence-corrected chi connectivity index (χ3v) is 3.74. The highest BCUT2D eigenvalue weighted by Crippen LogP contribution is 2.47. The summed E-state index contributed by atoms with van der Waals surface area (Å²) in [7, 11) is 0. The van der Waals surface area contributed by atoms with Crippen molar-refractivity contribution < 1.29 is 13.2 Å². The van der Waals surface area contributed by atoms with Crippen LogP contribution in [-0.4, -0.2) is 16.5 Å². The Balaban J connectivity index is 2.15. The standard InChI is InChI=1S/C12H14F3N3/c1-11(3-4-11)10-17-8-2-5-16-6-7(8)9(18-10)12(13,14)15/h16H,2-6H2,1H3. The van der Waals surface area contributed by atoms with Gasteiger partial charge in [-0.1, -0.05) is 6.92 Å². The van der Waals surface area contributed by atoms with Crippen LogP contribution in [0.15, 0.2) is 0 Å². The summed E-state index contributed by atoms with van der Waals surface area (Å²) in [5.41, 5.74) is -0.191. The van der Waals surface area contributed by atoms with E-state index < -0.39 is 11.9 Å². The molecule has 1 aliphatic carbocycles. The van der Waals surface area contributed by atoms with Gasteiger partial charge in [0.15, 0.2) is 5.69 Å². The van der Waals surface area contributed by atoms with E-state index in [0.717, 1.165) is 12.8 Å². The van der Waals surface area contributed by atoms with Gasteiger partial charge in [-0.15, -0.1) is 0 Å². The molecule has 3 rings (SSSR count). The highest BCUT2D eigenvalue weighted by atomic mass is 19.4. The summed E-state index contributed by atoms with van der Waals surface area (Å²) in [6, 6.07) is 0. The molecule has 3 nitrogen and oxygen atoms in total. The summed E-state index contributed by atoms with van der Waals surface area (Å²) in [6.45, 7) is 2.81. The summed E-state index contributed by atoms with van der Waals surface area (Å²) < 4.78 is 39.1. The molecule has 1 aliphatic heterocycles. The van der Waals surface area contributed by atoms with Gasteiger partial charge in [0, 0.05) is 30.5 Å². The van der Waals surface area contributed by atoms with Gasteiger partial charge < -0.3 is 5.32 Å². The Bertz CT molecular complexity index is 492. The minimum atomic E-state index is -4.40. The average molecular weight is 257 g/mol. The van der Waals surface area contributed by atoms with E-state index in [1.54, 1.807) is 0 Å². The summed E-state index contributed by atoms with van der Waals surface area (Å²) in [5, 5.41) is 2.95. The molecule has 0 saturated heterocycles. The van der Waals surface area contributed by atoms with Gasteiger partial charge in [0.05, 0.1) is 5.69 Å². The minimum absolute atomic E-state index is 0.209. The number of alkyl halides is 3. The van der Waals surface area contributed by atoms with Crippen molar-refractivity contribution in [2.75, 3.05) is 6.54 Å². The zero-order chi connectivity index (χ0) is 13.0. The van der Waals surface area contributed by atoms with E-state index in [2.05, 4.69) is 15.3 Å². The molecule has 1 saturated carbocycles. The molecule has 1 aromatic rings. The molecule has 0 aromatic carbocycles. The third kappa shape index (κ3) is 1.88. The zero-order valence-electron chi connectivity index (χ0n) is 10.1. The van der Waals surface area contributed by atoms with E-state index in [-0.39, 0.29) is 17.5 Å². The summed E-state index contributed by atoms with van der Waals surface area (Å²) in [4.78, 5) is 8.19. The molecule has 18 heavy (non-hydrogen) atoms. The van der Waals surface area contributed by atoms with Crippen molar-refractivity contribution in [1.82, 2.24) is 15.3 Å². The number of hydrogen-bond donors (Lipinski definition) is 1. The zero-order valence-corrected chi connectivity index (χ0v) is 10.1. The van der Waals surface area contributed by atoms with E-state index in [1.807, 2.05) is 6.92 Å². The smallest absolute Gasteiger partial charge is 0.312 e. The molecular weight excluding hydrogens is 243 g/mol. The van der Waals surface area contributed by atoms with Crippen molar-refractivity contribution >= 4 is 0 Å². The molecule has 2 heterocycles. The van der Waals surface area contributed by atoms with Crippen LogP contribution in [0.3, 0.4) is 0 Å². The van der Waals surface area contributed by atoms with Crippen molar-refractivity contribution in [2.45, 2.75) is 44.3 Å². The Morgan fingerprint density at radius 1 is 1.22 bits per heavy atom. The quantitative estimate of drug-likeness (QED) is 0.838. The topological polar surface area (TPSA) is 37.8 Å². The molecular formula is C12H14F3N3. The van der Waals surface area contributed by atoms with Crippen molar-refractivity contribution in [3.63, 3.8) is 0 Å². The SMILES string of the molecule is CC1(c2nc3c(c(C(F)(F)F)n2)CNCC3)CC1. The number of hydrogen-bond acceptors (Lipinski definition) is 3. The van der Waals surface area contributed by atoms with Crippen LogP contribution in [0.5, 0.6) is 0 Å². The molecule has 1 aromatic heterocycles. The van der Waals surface area contributed by atoms with Gasteiger partial charge in [-0.05, 0) is 12.8 Å². The van der Waals surface area contributed by atoms with Crippen LogP contribution in [0.2, 0.25) is 0 Å². The first-order chi connectivity index (χ1) is 8.40. The Hall–Kier alpha value is -1.17. The van der Waals surface area contributed by atoms with Gasteiger partial charge in [-0.3, -0.25) is 0 Å². The maximum atomic E-state index is 13.0. The first kappa shape index (κ1) is 11.9. The molecule has 2 aliphatic rings. The molecule has 0 atom stereocenters. The van der Waals surface area contributed by atoms with Gasteiger partial charge in [-0.2, -0.15) is 13.2 Å². The van der Waals surface area contributed by atoms with Gasteiger partial charge >= 0.3 is 6.18 Å². The number of nitrogens with zero attached hydrogens (tertiary/aromatic N) is 2. The van der Waals surface area contributed by atoms with E-state index in [0.29, 0.717) is 24.5 Å². The maximum absolute atomic E-state index is 13.0. The van der Waals surface area contributed by atoms with Gasteiger partial charge in [0.2, 0.25) is 0 Å². The van der Waals surface area contributed by atoms with E-state index >= 15 is 0 Å². The Kier molecular flexibility index (Phi) is 2.42. The number of rotatable bonds is 1. The second-order valence-corrected chi connectivity index (χ2v) is 5.31. The van der Waals surface area contributed by atoms with Crippen LogP contribution in [0, 0.1) is 0 Å². The lowest BCUT2D eigenvalue weighted by Gasteiger charge is -2.22. The second-order valence-electron chi connectivity index (χ2n) is 5.31. The number of nitrogens with one attached hydrogen (secondary N) is 1. The maximum Gasteiger partial charge on any atom is 0.433 e. The van der Waals surface area contributed by atoms with Gasteiger partial charge in [-0.25, -0.2) is 9.97 Å². The Labute approximate surface area is 103 Å². The molecule has 0 spiro atoms. The molecule has 0 amide bonds. The van der Waals surface area contributed by atoms with Gasteiger partial charge in [0.1, 0.15) is 5.82 Å². The highest BCUT2D eigenvalue weighted by Gasteiger charge is 2.45. The Morgan fingerprint density at radius 3 is 2.56 bits per heavy atom. The van der Waals surface area contributed by atoms with Crippen molar-refractivity contribution in [1.29, 1.82) is 0 Å². The highest BCUT2D eigenvalue weighted by molar-refractivity contribution is 5.32. The monoisotopic (exact) mass is 257 g/mol. The summed E-state index contributed by atoms with van der Waals surface area (Å²) >= 11 is 0. The van der Waals surface area contributed by atoms with Crippen LogP contribution in [-0.2, 0) is 24.6 Å². The fourth-order valence-electron chi connectivity index (χ4n) is 2.26. The predicted octanol–water partition coefficient (Wildman–Crippen LogP) is 2.19. The van der Waals surface area contributed by atoms with Crippen LogP contribution < -0.4 is 5.32 Å². The lowest BCUT2D eigenvalue weighted by atomic mass is 10.0. The Morgan fingerprint density at radius 2 is 1.94 bits per heavy atom. The molecule has 1 fully saturated rings. The van der Waals surface area contributed by atoms with Crippen molar-refractivity contribution in [3.8, 4) is 0 Å². The lowest BCUT2D eigenvalue weighted by Crippen LogP contribution is -2.30. The van der Waals surface area contributed by atoms with Crippen LogP contribution in [0.4, 0.5) is 13.2 Å². The number of halogens is 3. The second kappa shape index (κ2) is 3.66. The van der Waals surface area contributed by atoms with Crippen LogP contribution >= 0.6 is 0 Å². The predicted molar refractivity (Wildman–Crippen MR) is 59.0 cm³/mol. The van der Waals surface area contributed by atoms with E-state index in [9.17, 15) is 13.2 Å². The first-order valence-electron chi connectivity index (χ1n) is 6.08. The first-order valence-corrected chi connectivity index (χ1v) is 6.08. The number of fused-ring (bicyclic) bond motifs is 1. The lowest BCUT2D eigenvalue weighted by molar-refractivity contribution is -0.142. The molecule has 6 heteroatoms. The van der Waals surface area contributed by atoms with E-state index in [1.165, 1.54) is 0 Å². The summed E-state index contributed by atoms with van der Waals surface area (Å²) in [5.74, 6) is 0.371. The largest absolute Gasteiger partial charge is 0.433 e. The number of aromatic nitrogens is 2. The fourth-order valence-corrected chi connectivity index (χ4v) is 2.26. The molecule has 0 radical (unpaired) electrons. The van der Waals surface area contributed by atoms with Crippen LogP contribution in [0.25, 0.3) is 0 Å². The molecule has 98 valence electrons. The molecule has 0 unspecified atom stereocenters. The third-order valence-electron chi connectivity index (χ3n) is 3.74. The van der Waals surface area contributed by atoms with E-state index in [4.69, 9.17) is 0 Å². The molecule has 1 N–H and O–H groups in total. The van der Waals surface area contributed by atoms with Crippen molar-refractivity contribution in [3.05, 3.63) is 22.8 Å². The van der Waals surface area contributed by atoms with Gasteiger partial charge in [0.25, 0.3) is 0 Å². The fraction of sp³-hybridized carbons (Fsp3) is 0.667. The van der Waals surface area contributed by atoms with Crippen molar-refractivity contribution in [2.24, 2.45) is 0 Å². The normalized spacial score (nSPS) is 21.6. The average Bonchev–Trinajstić information content (AvgIpc) is 3.06. The minimum Gasteiger partial charge on any atom is -0.312 e. The molecule has 0 bridgehead atoms. The summed E-state index contributed by atoms with van der Waals surface area (Å²) in [6.07, 6.45) is -2.10. The van der Waals surface area contributed by atoms with Crippen LogP contribution in [0.1, 0.15) is 42.5 Å².